The fourth-order valence-corrected chi connectivity index (χ4v) is 3.07. The maximum Gasteiger partial charge on any atom is 0.326 e. The normalized spacial score (nSPS) is 17.4. The van der Waals surface area contributed by atoms with Crippen molar-refractivity contribution in [1.82, 2.24) is 10.2 Å². The van der Waals surface area contributed by atoms with E-state index in [0.717, 1.165) is 38.4 Å². The summed E-state index contributed by atoms with van der Waals surface area (Å²) < 4.78 is 0. The molecule has 0 spiro atoms. The van der Waals surface area contributed by atoms with Gasteiger partial charge in [0.1, 0.15) is 6.04 Å². The van der Waals surface area contributed by atoms with Crippen LogP contribution >= 0.6 is 0 Å². The molecule has 3 N–H and O–H groups in total. The molecule has 0 aromatic heterocycles. The van der Waals surface area contributed by atoms with E-state index < -0.39 is 18.0 Å². The Hall–Kier alpha value is -2.28. The molecule has 1 aliphatic rings. The van der Waals surface area contributed by atoms with Gasteiger partial charge in [-0.2, -0.15) is 0 Å². The molecule has 26 heavy (non-hydrogen) atoms. The van der Waals surface area contributed by atoms with E-state index in [-0.39, 0.29) is 5.92 Å². The largest absolute Gasteiger partial charge is 0.480 e. The Morgan fingerprint density at radius 3 is 2.23 bits per heavy atom. The molecule has 1 aromatic carbocycles. The lowest BCUT2D eigenvalue weighted by Crippen LogP contribution is -2.46. The van der Waals surface area contributed by atoms with Crippen molar-refractivity contribution in [3.05, 3.63) is 24.3 Å². The maximum absolute atomic E-state index is 12.1. The number of carboxylic acids is 1. The van der Waals surface area contributed by atoms with Gasteiger partial charge in [0, 0.05) is 37.6 Å². The number of anilines is 2. The van der Waals surface area contributed by atoms with Gasteiger partial charge in [-0.1, -0.05) is 27.2 Å². The van der Waals surface area contributed by atoms with Gasteiger partial charge >= 0.3 is 12.0 Å². The number of urea groups is 1. The number of hydrogen-bond acceptors (Lipinski definition) is 4. The molecule has 144 valence electrons. The van der Waals surface area contributed by atoms with Crippen LogP contribution in [0.2, 0.25) is 0 Å². The molecule has 1 saturated heterocycles. The lowest BCUT2D eigenvalue weighted by Gasteiger charge is -2.35. The first-order chi connectivity index (χ1) is 12.4. The number of rotatable bonds is 7. The number of carbonyl (C=O) groups excluding carboxylic acids is 1. The van der Waals surface area contributed by atoms with Gasteiger partial charge in [-0.15, -0.1) is 0 Å². The number of benzene rings is 1. The Labute approximate surface area is 155 Å². The lowest BCUT2D eigenvalue weighted by molar-refractivity contribution is -0.140. The van der Waals surface area contributed by atoms with Crippen molar-refractivity contribution in [3.63, 3.8) is 0 Å². The van der Waals surface area contributed by atoms with Gasteiger partial charge in [0.05, 0.1) is 0 Å². The Morgan fingerprint density at radius 1 is 1.12 bits per heavy atom. The van der Waals surface area contributed by atoms with Gasteiger partial charge in [-0.25, -0.2) is 9.59 Å². The summed E-state index contributed by atoms with van der Waals surface area (Å²) in [5, 5.41) is 14.5. The third-order valence-electron chi connectivity index (χ3n) is 5.08. The molecule has 0 saturated carbocycles. The molecule has 1 aliphatic heterocycles. The number of nitrogens with one attached hydrogen (secondary N) is 2. The van der Waals surface area contributed by atoms with Crippen LogP contribution in [0.3, 0.4) is 0 Å². The molecular formula is C19H30N4O3. The van der Waals surface area contributed by atoms with E-state index in [4.69, 9.17) is 0 Å². The van der Waals surface area contributed by atoms with Gasteiger partial charge < -0.3 is 25.5 Å². The number of carboxylic acid groups (broad SMARTS) is 1. The Morgan fingerprint density at radius 2 is 1.73 bits per heavy atom. The van der Waals surface area contributed by atoms with Crippen molar-refractivity contribution in [2.45, 2.75) is 33.2 Å². The Kier molecular flexibility index (Phi) is 7.26. The number of aliphatic carboxylic acids is 1. The zero-order chi connectivity index (χ0) is 19.1. The van der Waals surface area contributed by atoms with Crippen molar-refractivity contribution < 1.29 is 14.7 Å². The van der Waals surface area contributed by atoms with Crippen molar-refractivity contribution in [1.29, 1.82) is 0 Å². The molecule has 2 rings (SSSR count). The van der Waals surface area contributed by atoms with Crippen molar-refractivity contribution in [3.8, 4) is 0 Å². The number of hydrogen-bond donors (Lipinski definition) is 3. The van der Waals surface area contributed by atoms with Crippen molar-refractivity contribution in [2.75, 3.05) is 42.9 Å². The molecule has 0 aliphatic carbocycles. The highest BCUT2D eigenvalue weighted by molar-refractivity contribution is 5.92. The van der Waals surface area contributed by atoms with E-state index in [2.05, 4.69) is 27.4 Å². The molecule has 0 radical (unpaired) electrons. The zero-order valence-corrected chi connectivity index (χ0v) is 15.9. The molecular weight excluding hydrogens is 332 g/mol. The van der Waals surface area contributed by atoms with E-state index in [1.54, 1.807) is 0 Å². The third-order valence-corrected chi connectivity index (χ3v) is 5.08. The van der Waals surface area contributed by atoms with Crippen LogP contribution in [0.1, 0.15) is 27.2 Å². The highest BCUT2D eigenvalue weighted by atomic mass is 16.4. The van der Waals surface area contributed by atoms with Gasteiger partial charge in [0.15, 0.2) is 0 Å². The Balaban J connectivity index is 1.90. The van der Waals surface area contributed by atoms with Gasteiger partial charge in [-0.3, -0.25) is 0 Å². The van der Waals surface area contributed by atoms with Gasteiger partial charge in [-0.05, 0) is 36.7 Å². The van der Waals surface area contributed by atoms with Gasteiger partial charge in [0.25, 0.3) is 0 Å². The summed E-state index contributed by atoms with van der Waals surface area (Å²) in [6, 6.07) is 6.28. The van der Waals surface area contributed by atoms with Crippen LogP contribution in [-0.4, -0.2) is 60.8 Å². The molecule has 7 heteroatoms. The van der Waals surface area contributed by atoms with Crippen molar-refractivity contribution >= 4 is 23.4 Å². The first kappa shape index (κ1) is 20.0. The quantitative estimate of drug-likeness (QED) is 0.694. The summed E-state index contributed by atoms with van der Waals surface area (Å²) >= 11 is 0. The highest BCUT2D eigenvalue weighted by Gasteiger charge is 2.25. The van der Waals surface area contributed by atoms with E-state index in [0.29, 0.717) is 12.1 Å². The maximum atomic E-state index is 12.1. The summed E-state index contributed by atoms with van der Waals surface area (Å²) in [5.74, 6) is -1.15. The second-order valence-corrected chi connectivity index (χ2v) is 6.77. The van der Waals surface area contributed by atoms with Crippen molar-refractivity contribution in [2.24, 2.45) is 5.92 Å². The minimum Gasteiger partial charge on any atom is -0.480 e. The van der Waals surface area contributed by atoms with E-state index in [9.17, 15) is 14.7 Å². The average Bonchev–Trinajstić information content (AvgIpc) is 2.66. The number of piperazine rings is 1. The third kappa shape index (κ3) is 5.36. The van der Waals surface area contributed by atoms with Crippen LogP contribution < -0.4 is 15.5 Å². The van der Waals surface area contributed by atoms with E-state index in [1.807, 2.05) is 38.1 Å². The zero-order valence-electron chi connectivity index (χ0n) is 15.9. The number of nitrogens with zero attached hydrogens (tertiary/aromatic N) is 2. The SMILES string of the molecule is CCC(C)C(NC(=O)Nc1ccc(N2CCN(CC)CC2)cc1)C(=O)O. The van der Waals surface area contributed by atoms with E-state index in [1.165, 1.54) is 0 Å². The first-order valence-electron chi connectivity index (χ1n) is 9.32. The summed E-state index contributed by atoms with van der Waals surface area (Å²) in [5.41, 5.74) is 1.78. The van der Waals surface area contributed by atoms with E-state index >= 15 is 0 Å². The molecule has 1 aromatic rings. The minimum absolute atomic E-state index is 0.137. The molecule has 1 heterocycles. The lowest BCUT2D eigenvalue weighted by atomic mass is 9.99. The van der Waals surface area contributed by atoms with Crippen LogP contribution in [0.5, 0.6) is 0 Å². The molecule has 2 unspecified atom stereocenters. The standard InChI is InChI=1S/C19H30N4O3/c1-4-14(3)17(18(24)25)21-19(26)20-15-6-8-16(9-7-15)23-12-10-22(5-2)11-13-23/h6-9,14,17H,4-5,10-13H2,1-3H3,(H,24,25)(H2,20,21,26). The molecule has 0 bridgehead atoms. The second-order valence-electron chi connectivity index (χ2n) is 6.77. The molecule has 2 atom stereocenters. The molecule has 1 fully saturated rings. The fourth-order valence-electron chi connectivity index (χ4n) is 3.07. The van der Waals surface area contributed by atoms with Crippen LogP contribution in [0.25, 0.3) is 0 Å². The predicted molar refractivity (Wildman–Crippen MR) is 104 cm³/mol. The summed E-state index contributed by atoms with van der Waals surface area (Å²) in [6.45, 7) is 11.1. The number of amides is 2. The molecule has 7 nitrogen and oxygen atoms in total. The monoisotopic (exact) mass is 362 g/mol. The first-order valence-corrected chi connectivity index (χ1v) is 9.32. The second kappa shape index (κ2) is 9.43. The molecule has 2 amide bonds. The van der Waals surface area contributed by atoms with Crippen LogP contribution in [-0.2, 0) is 4.79 Å². The highest BCUT2D eigenvalue weighted by Crippen LogP contribution is 2.19. The summed E-state index contributed by atoms with van der Waals surface area (Å²) in [4.78, 5) is 28.2. The predicted octanol–water partition coefficient (Wildman–Crippen LogP) is 2.45. The van der Waals surface area contributed by atoms with Crippen LogP contribution in [0.15, 0.2) is 24.3 Å². The van der Waals surface area contributed by atoms with Gasteiger partial charge in [0.2, 0.25) is 0 Å². The number of carbonyl (C=O) groups is 2. The number of likely N-dealkylation sites (N-methyl/N-ethyl adjacent to an activating group) is 1. The fraction of sp³-hybridized carbons (Fsp3) is 0.579. The average molecular weight is 362 g/mol. The summed E-state index contributed by atoms with van der Waals surface area (Å²) in [7, 11) is 0. The summed E-state index contributed by atoms with van der Waals surface area (Å²) in [6.07, 6.45) is 0.678. The smallest absolute Gasteiger partial charge is 0.326 e. The minimum atomic E-state index is -1.02. The topological polar surface area (TPSA) is 84.9 Å². The van der Waals surface area contributed by atoms with Crippen LogP contribution in [0, 0.1) is 5.92 Å². The Bertz CT molecular complexity index is 597. The van der Waals surface area contributed by atoms with Crippen LogP contribution in [0.4, 0.5) is 16.2 Å².